The van der Waals surface area contributed by atoms with E-state index in [0.29, 0.717) is 0 Å². The molecule has 72 valence electrons. The van der Waals surface area contributed by atoms with Crippen LogP contribution in [-0.4, -0.2) is 12.1 Å². The third kappa shape index (κ3) is 1.65. The van der Waals surface area contributed by atoms with Gasteiger partial charge in [0.1, 0.15) is 17.7 Å². The van der Waals surface area contributed by atoms with E-state index in [-0.39, 0.29) is 0 Å². The van der Waals surface area contributed by atoms with E-state index in [9.17, 15) is 0 Å². The Bertz CT molecular complexity index is 426. The molecule has 0 aliphatic heterocycles. The lowest BCUT2D eigenvalue weighted by Crippen LogP contribution is -1.87. The summed E-state index contributed by atoms with van der Waals surface area (Å²) in [6.07, 6.45) is 2.99. The minimum atomic E-state index is 0.772. The molecule has 1 heterocycles. The second kappa shape index (κ2) is 3.84. The average molecular weight is 254 g/mol. The number of aromatic nitrogens is 1. The molecule has 2 rings (SSSR count). The SMILES string of the molecule is COc1cc(Br)ccc1-c1cocn1. The van der Waals surface area contributed by atoms with Gasteiger partial charge >= 0.3 is 0 Å². The van der Waals surface area contributed by atoms with Gasteiger partial charge in [0.05, 0.1) is 7.11 Å². The molecule has 1 aromatic carbocycles. The normalized spacial score (nSPS) is 10.1. The summed E-state index contributed by atoms with van der Waals surface area (Å²) >= 11 is 3.38. The maximum atomic E-state index is 5.24. The third-order valence-corrected chi connectivity index (χ3v) is 2.37. The van der Waals surface area contributed by atoms with Crippen LogP contribution in [0.5, 0.6) is 5.75 Å². The molecule has 0 fully saturated rings. The standard InChI is InChI=1S/C10H8BrNO2/c1-13-10-4-7(11)2-3-8(10)9-5-14-6-12-9/h2-6H,1H3. The predicted molar refractivity (Wildman–Crippen MR) is 56.2 cm³/mol. The molecular weight excluding hydrogens is 246 g/mol. The summed E-state index contributed by atoms with van der Waals surface area (Å²) < 4.78 is 11.1. The van der Waals surface area contributed by atoms with Gasteiger partial charge in [-0.2, -0.15) is 0 Å². The molecule has 14 heavy (non-hydrogen) atoms. The Labute approximate surface area is 89.8 Å². The molecule has 0 amide bonds. The fraction of sp³-hybridized carbons (Fsp3) is 0.100. The molecule has 1 aromatic heterocycles. The second-order valence-electron chi connectivity index (χ2n) is 2.72. The highest BCUT2D eigenvalue weighted by Gasteiger charge is 2.08. The Morgan fingerprint density at radius 1 is 1.43 bits per heavy atom. The van der Waals surface area contributed by atoms with E-state index in [1.165, 1.54) is 6.39 Å². The smallest absolute Gasteiger partial charge is 0.181 e. The summed E-state index contributed by atoms with van der Waals surface area (Å²) in [4.78, 5) is 4.06. The maximum absolute atomic E-state index is 5.24. The van der Waals surface area contributed by atoms with E-state index in [1.807, 2.05) is 18.2 Å². The Hall–Kier alpha value is -1.29. The van der Waals surface area contributed by atoms with Crippen LogP contribution in [0, 0.1) is 0 Å². The van der Waals surface area contributed by atoms with Crippen LogP contribution in [-0.2, 0) is 0 Å². The van der Waals surface area contributed by atoms with E-state index in [0.717, 1.165) is 21.5 Å². The molecular formula is C10H8BrNO2. The minimum absolute atomic E-state index is 0.772. The van der Waals surface area contributed by atoms with Crippen molar-refractivity contribution in [2.24, 2.45) is 0 Å². The predicted octanol–water partition coefficient (Wildman–Crippen LogP) is 3.11. The van der Waals surface area contributed by atoms with Gasteiger partial charge in [-0.25, -0.2) is 4.98 Å². The molecule has 0 aliphatic carbocycles. The van der Waals surface area contributed by atoms with Gasteiger partial charge < -0.3 is 9.15 Å². The Kier molecular flexibility index (Phi) is 2.54. The van der Waals surface area contributed by atoms with E-state index in [1.54, 1.807) is 13.4 Å². The number of oxazole rings is 1. The molecule has 0 unspecified atom stereocenters. The molecule has 0 spiro atoms. The topological polar surface area (TPSA) is 35.3 Å². The fourth-order valence-electron chi connectivity index (χ4n) is 1.22. The summed E-state index contributed by atoms with van der Waals surface area (Å²) in [6, 6.07) is 5.76. The van der Waals surface area contributed by atoms with Gasteiger partial charge in [0.2, 0.25) is 0 Å². The van der Waals surface area contributed by atoms with Gasteiger partial charge in [-0.1, -0.05) is 15.9 Å². The highest BCUT2D eigenvalue weighted by Crippen LogP contribution is 2.31. The van der Waals surface area contributed by atoms with Crippen molar-refractivity contribution in [1.82, 2.24) is 4.98 Å². The lowest BCUT2D eigenvalue weighted by Gasteiger charge is -2.05. The van der Waals surface area contributed by atoms with E-state index >= 15 is 0 Å². The molecule has 4 heteroatoms. The van der Waals surface area contributed by atoms with Gasteiger partial charge in [-0.3, -0.25) is 0 Å². The number of hydrogen-bond acceptors (Lipinski definition) is 3. The highest BCUT2D eigenvalue weighted by molar-refractivity contribution is 9.10. The molecule has 0 N–H and O–H groups in total. The van der Waals surface area contributed by atoms with Gasteiger partial charge in [-0.15, -0.1) is 0 Å². The lowest BCUT2D eigenvalue weighted by molar-refractivity contribution is 0.416. The van der Waals surface area contributed by atoms with Crippen molar-refractivity contribution in [3.05, 3.63) is 35.3 Å². The summed E-state index contributed by atoms with van der Waals surface area (Å²) in [5.41, 5.74) is 1.69. The van der Waals surface area contributed by atoms with Gasteiger partial charge in [-0.05, 0) is 18.2 Å². The summed E-state index contributed by atoms with van der Waals surface area (Å²) in [5.74, 6) is 0.772. The van der Waals surface area contributed by atoms with Crippen LogP contribution >= 0.6 is 15.9 Å². The quantitative estimate of drug-likeness (QED) is 0.825. The van der Waals surface area contributed by atoms with Crippen molar-refractivity contribution < 1.29 is 9.15 Å². The number of ether oxygens (including phenoxy) is 1. The monoisotopic (exact) mass is 253 g/mol. The second-order valence-corrected chi connectivity index (χ2v) is 3.63. The van der Waals surface area contributed by atoms with Crippen molar-refractivity contribution in [1.29, 1.82) is 0 Å². The van der Waals surface area contributed by atoms with Crippen LogP contribution in [0.3, 0.4) is 0 Å². The third-order valence-electron chi connectivity index (χ3n) is 1.87. The molecule has 0 saturated carbocycles. The van der Waals surface area contributed by atoms with Crippen molar-refractivity contribution in [3.8, 4) is 17.0 Å². The minimum Gasteiger partial charge on any atom is -0.496 e. The highest BCUT2D eigenvalue weighted by atomic mass is 79.9. The number of nitrogens with zero attached hydrogens (tertiary/aromatic N) is 1. The largest absolute Gasteiger partial charge is 0.496 e. The first kappa shape index (κ1) is 9.27. The number of rotatable bonds is 2. The van der Waals surface area contributed by atoms with Gasteiger partial charge in [0.25, 0.3) is 0 Å². The van der Waals surface area contributed by atoms with Crippen LogP contribution in [0.1, 0.15) is 0 Å². The average Bonchev–Trinajstić information content (AvgIpc) is 2.70. The first-order chi connectivity index (χ1) is 6.81. The maximum Gasteiger partial charge on any atom is 0.181 e. The van der Waals surface area contributed by atoms with Crippen LogP contribution in [0.2, 0.25) is 0 Å². The molecule has 0 radical (unpaired) electrons. The lowest BCUT2D eigenvalue weighted by atomic mass is 10.1. The van der Waals surface area contributed by atoms with Crippen molar-refractivity contribution in [2.75, 3.05) is 7.11 Å². The van der Waals surface area contributed by atoms with Crippen LogP contribution in [0.25, 0.3) is 11.3 Å². The molecule has 0 saturated heterocycles. The fourth-order valence-corrected chi connectivity index (χ4v) is 1.56. The number of hydrogen-bond donors (Lipinski definition) is 0. The van der Waals surface area contributed by atoms with Crippen LogP contribution in [0.4, 0.5) is 0 Å². The Morgan fingerprint density at radius 3 is 2.93 bits per heavy atom. The number of methoxy groups -OCH3 is 1. The van der Waals surface area contributed by atoms with Crippen LogP contribution < -0.4 is 4.74 Å². The zero-order valence-corrected chi connectivity index (χ0v) is 9.11. The Balaban J connectivity index is 2.53. The van der Waals surface area contributed by atoms with Gasteiger partial charge in [0, 0.05) is 10.0 Å². The number of benzene rings is 1. The molecule has 3 nitrogen and oxygen atoms in total. The van der Waals surface area contributed by atoms with Crippen LogP contribution in [0.15, 0.2) is 39.7 Å². The zero-order valence-electron chi connectivity index (χ0n) is 7.53. The molecule has 2 aromatic rings. The summed E-state index contributed by atoms with van der Waals surface area (Å²) in [6.45, 7) is 0. The Morgan fingerprint density at radius 2 is 2.29 bits per heavy atom. The summed E-state index contributed by atoms with van der Waals surface area (Å²) in [7, 11) is 1.63. The van der Waals surface area contributed by atoms with E-state index < -0.39 is 0 Å². The van der Waals surface area contributed by atoms with Crippen molar-refractivity contribution in [2.45, 2.75) is 0 Å². The molecule has 0 aliphatic rings. The van der Waals surface area contributed by atoms with Crippen molar-refractivity contribution >= 4 is 15.9 Å². The van der Waals surface area contributed by atoms with E-state index in [2.05, 4.69) is 20.9 Å². The molecule has 0 bridgehead atoms. The summed E-state index contributed by atoms with van der Waals surface area (Å²) in [5, 5.41) is 0. The first-order valence-corrected chi connectivity index (χ1v) is 4.82. The van der Waals surface area contributed by atoms with E-state index in [4.69, 9.17) is 9.15 Å². The number of halogens is 1. The zero-order chi connectivity index (χ0) is 9.97. The van der Waals surface area contributed by atoms with Gasteiger partial charge in [0.15, 0.2) is 6.39 Å². The van der Waals surface area contributed by atoms with Crippen molar-refractivity contribution in [3.63, 3.8) is 0 Å². The molecule has 0 atom stereocenters. The first-order valence-electron chi connectivity index (χ1n) is 4.03.